The summed E-state index contributed by atoms with van der Waals surface area (Å²) < 4.78 is 5.33. The number of allylic oxidation sites excluding steroid dienone is 3. The molecule has 0 bridgehead atoms. The van der Waals surface area contributed by atoms with E-state index in [1.807, 2.05) is 66.9 Å². The molecule has 2 heterocycles. The van der Waals surface area contributed by atoms with Crippen molar-refractivity contribution in [2.75, 3.05) is 6.54 Å². The Morgan fingerprint density at radius 2 is 2.05 bits per heavy atom. The van der Waals surface area contributed by atoms with Crippen LogP contribution in [0.4, 0.5) is 0 Å². The third-order valence-corrected chi connectivity index (χ3v) is 3.24. The summed E-state index contributed by atoms with van der Waals surface area (Å²) in [5.74, 6) is -0.274. The molecule has 0 aliphatic carbocycles. The minimum atomic E-state index is -0.274. The van der Waals surface area contributed by atoms with Gasteiger partial charge in [-0.3, -0.25) is 0 Å². The molecule has 0 unspecified atom stereocenters. The van der Waals surface area contributed by atoms with Gasteiger partial charge in [-0.25, -0.2) is 4.79 Å². The van der Waals surface area contributed by atoms with Crippen LogP contribution in [0.2, 0.25) is 0 Å². The predicted molar refractivity (Wildman–Crippen MR) is 77.4 cm³/mol. The first-order valence-electron chi connectivity index (χ1n) is 6.57. The second kappa shape index (κ2) is 5.61. The van der Waals surface area contributed by atoms with Crippen molar-refractivity contribution in [3.63, 3.8) is 0 Å². The monoisotopic (exact) mass is 265 g/mol. The van der Waals surface area contributed by atoms with Crippen LogP contribution in [-0.2, 0) is 16.1 Å². The maximum Gasteiger partial charge on any atom is 0.338 e. The molecule has 3 rings (SSSR count). The smallest absolute Gasteiger partial charge is 0.338 e. The van der Waals surface area contributed by atoms with Gasteiger partial charge in [0.1, 0.15) is 6.61 Å². The van der Waals surface area contributed by atoms with Gasteiger partial charge in [0, 0.05) is 18.4 Å². The summed E-state index contributed by atoms with van der Waals surface area (Å²) in [6.45, 7) is 1.00. The highest BCUT2D eigenvalue weighted by atomic mass is 16.5. The molecule has 20 heavy (non-hydrogen) atoms. The summed E-state index contributed by atoms with van der Waals surface area (Å²) in [7, 11) is 0. The van der Waals surface area contributed by atoms with Gasteiger partial charge in [0.2, 0.25) is 0 Å². The summed E-state index contributed by atoms with van der Waals surface area (Å²) in [5.41, 5.74) is 2.63. The molecular formula is C17H15NO2. The molecule has 1 aromatic carbocycles. The lowest BCUT2D eigenvalue weighted by Crippen LogP contribution is -2.22. The molecule has 0 N–H and O–H groups in total. The lowest BCUT2D eigenvalue weighted by atomic mass is 10.1. The van der Waals surface area contributed by atoms with E-state index in [-0.39, 0.29) is 5.97 Å². The molecule has 0 saturated carbocycles. The van der Waals surface area contributed by atoms with Gasteiger partial charge in [-0.2, -0.15) is 0 Å². The van der Waals surface area contributed by atoms with Gasteiger partial charge in [-0.15, -0.1) is 0 Å². The molecule has 0 fully saturated rings. The Balaban J connectivity index is 1.64. The Bertz CT molecular complexity index is 624. The van der Waals surface area contributed by atoms with Crippen molar-refractivity contribution in [2.45, 2.75) is 6.61 Å². The average molecular weight is 265 g/mol. The number of nitrogens with zero attached hydrogens (tertiary/aromatic N) is 1. The van der Waals surface area contributed by atoms with Crippen LogP contribution < -0.4 is 0 Å². The van der Waals surface area contributed by atoms with E-state index in [1.54, 1.807) is 0 Å². The van der Waals surface area contributed by atoms with Crippen LogP contribution in [-0.4, -0.2) is 17.4 Å². The highest BCUT2D eigenvalue weighted by Crippen LogP contribution is 2.20. The molecule has 0 saturated heterocycles. The standard InChI is InChI=1S/C17H15NO2/c19-17(20-13-14-6-2-1-3-7-14)15-9-11-18-10-5-4-8-16(18)12-15/h1-10,12H,11,13H2. The minimum Gasteiger partial charge on any atom is -0.457 e. The van der Waals surface area contributed by atoms with Crippen molar-refractivity contribution in [1.29, 1.82) is 0 Å². The molecule has 100 valence electrons. The van der Waals surface area contributed by atoms with E-state index >= 15 is 0 Å². The van der Waals surface area contributed by atoms with E-state index in [0.717, 1.165) is 11.3 Å². The first-order valence-corrected chi connectivity index (χ1v) is 6.57. The molecule has 0 aromatic heterocycles. The van der Waals surface area contributed by atoms with E-state index in [4.69, 9.17) is 4.74 Å². The zero-order valence-electron chi connectivity index (χ0n) is 11.0. The zero-order chi connectivity index (χ0) is 13.8. The molecule has 0 radical (unpaired) electrons. The fraction of sp³-hybridized carbons (Fsp3) is 0.118. The van der Waals surface area contributed by atoms with Gasteiger partial charge in [-0.1, -0.05) is 42.5 Å². The highest BCUT2D eigenvalue weighted by Gasteiger charge is 2.17. The predicted octanol–water partition coefficient (Wildman–Crippen LogP) is 2.94. The maximum absolute atomic E-state index is 12.1. The Hall–Kier alpha value is -2.55. The molecule has 0 amide bonds. The van der Waals surface area contributed by atoms with E-state index in [2.05, 4.69) is 4.90 Å². The largest absolute Gasteiger partial charge is 0.457 e. The van der Waals surface area contributed by atoms with E-state index in [0.29, 0.717) is 18.7 Å². The third kappa shape index (κ3) is 2.72. The number of ether oxygens (including phenoxy) is 1. The SMILES string of the molecule is O=C(OCc1ccccc1)C1=CCN2C=CC=CC2=C1. The topological polar surface area (TPSA) is 29.5 Å². The van der Waals surface area contributed by atoms with Gasteiger partial charge < -0.3 is 9.64 Å². The minimum absolute atomic E-state index is 0.274. The van der Waals surface area contributed by atoms with E-state index in [1.165, 1.54) is 0 Å². The fourth-order valence-electron chi connectivity index (χ4n) is 2.15. The molecule has 3 nitrogen and oxygen atoms in total. The number of rotatable bonds is 3. The summed E-state index contributed by atoms with van der Waals surface area (Å²) in [4.78, 5) is 14.1. The van der Waals surface area contributed by atoms with Crippen molar-refractivity contribution >= 4 is 5.97 Å². The maximum atomic E-state index is 12.1. The molecule has 0 spiro atoms. The second-order valence-corrected chi connectivity index (χ2v) is 4.64. The Morgan fingerprint density at radius 1 is 1.20 bits per heavy atom. The van der Waals surface area contributed by atoms with Crippen LogP contribution in [0.15, 0.2) is 78.2 Å². The normalized spacial score (nSPS) is 16.3. The van der Waals surface area contributed by atoms with E-state index in [9.17, 15) is 4.79 Å². The number of benzene rings is 1. The number of carbonyl (C=O) groups excluding carboxylic acids is 1. The second-order valence-electron chi connectivity index (χ2n) is 4.64. The lowest BCUT2D eigenvalue weighted by Gasteiger charge is -2.25. The van der Waals surface area contributed by atoms with E-state index < -0.39 is 0 Å². The van der Waals surface area contributed by atoms with Crippen molar-refractivity contribution in [1.82, 2.24) is 4.90 Å². The molecule has 2 aliphatic rings. The Morgan fingerprint density at radius 3 is 2.90 bits per heavy atom. The summed E-state index contributed by atoms with van der Waals surface area (Å²) in [6, 6.07) is 9.69. The molecular weight excluding hydrogens is 250 g/mol. The Kier molecular flexibility index (Phi) is 3.50. The first kappa shape index (κ1) is 12.5. The van der Waals surface area contributed by atoms with Gasteiger partial charge in [0.05, 0.1) is 5.57 Å². The van der Waals surface area contributed by atoms with Crippen LogP contribution in [0.25, 0.3) is 0 Å². The molecule has 3 heteroatoms. The number of carbonyl (C=O) groups is 1. The van der Waals surface area contributed by atoms with Crippen molar-refractivity contribution in [3.05, 3.63) is 83.7 Å². The van der Waals surface area contributed by atoms with Gasteiger partial charge in [0.25, 0.3) is 0 Å². The number of esters is 1. The van der Waals surface area contributed by atoms with Crippen LogP contribution in [0.5, 0.6) is 0 Å². The average Bonchev–Trinajstić information content (AvgIpc) is 2.53. The molecule has 1 aromatic rings. The van der Waals surface area contributed by atoms with Gasteiger partial charge in [-0.05, 0) is 23.8 Å². The zero-order valence-corrected chi connectivity index (χ0v) is 11.0. The highest BCUT2D eigenvalue weighted by molar-refractivity contribution is 5.92. The number of hydrogen-bond acceptors (Lipinski definition) is 3. The number of fused-ring (bicyclic) bond motifs is 1. The quantitative estimate of drug-likeness (QED) is 0.787. The van der Waals surface area contributed by atoms with Gasteiger partial charge >= 0.3 is 5.97 Å². The summed E-state index contributed by atoms with van der Waals surface area (Å²) >= 11 is 0. The summed E-state index contributed by atoms with van der Waals surface area (Å²) in [5, 5.41) is 0. The van der Waals surface area contributed by atoms with Crippen molar-refractivity contribution in [3.8, 4) is 0 Å². The van der Waals surface area contributed by atoms with Crippen LogP contribution >= 0.6 is 0 Å². The molecule has 2 aliphatic heterocycles. The third-order valence-electron chi connectivity index (χ3n) is 3.24. The number of hydrogen-bond donors (Lipinski definition) is 0. The summed E-state index contributed by atoms with van der Waals surface area (Å²) in [6.07, 6.45) is 11.7. The van der Waals surface area contributed by atoms with Crippen LogP contribution in [0, 0.1) is 0 Å². The van der Waals surface area contributed by atoms with Gasteiger partial charge in [0.15, 0.2) is 0 Å². The molecule has 0 atom stereocenters. The van der Waals surface area contributed by atoms with Crippen molar-refractivity contribution < 1.29 is 9.53 Å². The van der Waals surface area contributed by atoms with Crippen molar-refractivity contribution in [2.24, 2.45) is 0 Å². The lowest BCUT2D eigenvalue weighted by molar-refractivity contribution is -0.139. The Labute approximate surface area is 118 Å². The first-order chi connectivity index (χ1) is 9.83. The van der Waals surface area contributed by atoms with Crippen LogP contribution in [0.3, 0.4) is 0 Å². The van der Waals surface area contributed by atoms with Crippen LogP contribution in [0.1, 0.15) is 5.56 Å². The fourth-order valence-corrected chi connectivity index (χ4v) is 2.15.